The van der Waals surface area contributed by atoms with Crippen molar-refractivity contribution in [2.45, 2.75) is 32.6 Å². The van der Waals surface area contributed by atoms with Crippen LogP contribution >= 0.6 is 0 Å². The number of rotatable bonds is 6. The topological polar surface area (TPSA) is 62.9 Å². The lowest BCUT2D eigenvalue weighted by Gasteiger charge is -2.26. The molecule has 1 heterocycles. The van der Waals surface area contributed by atoms with E-state index in [0.717, 1.165) is 35.4 Å². The summed E-state index contributed by atoms with van der Waals surface area (Å²) in [7, 11) is 1.63. The van der Waals surface area contributed by atoms with Gasteiger partial charge in [0.25, 0.3) is 0 Å². The number of nitriles is 1. The Balaban J connectivity index is 1.66. The van der Waals surface area contributed by atoms with Gasteiger partial charge in [0.05, 0.1) is 24.1 Å². The Hall–Kier alpha value is -3.33. The number of nitrogens with one attached hydrogen (secondary N) is 1. The highest BCUT2D eigenvalue weighted by atomic mass is 19.1. The zero-order valence-electron chi connectivity index (χ0n) is 17.9. The summed E-state index contributed by atoms with van der Waals surface area (Å²) in [6.07, 6.45) is 5.07. The van der Waals surface area contributed by atoms with E-state index in [0.29, 0.717) is 11.5 Å². The standard InChI is InChI=1S/C25H27FN4O/c1-17-4-3-5-18(12-17)16-28-25-14-24(19-6-7-20(15-27)23(26)13-19)30(29-25)21-8-10-22(31-2)11-9-21/h6-11,13-14,17-18H,3-5,12,16H2,1-2H3,(H,28,29)/t17-,18?/m1/s1. The predicted molar refractivity (Wildman–Crippen MR) is 120 cm³/mol. The summed E-state index contributed by atoms with van der Waals surface area (Å²) in [5.74, 6) is 2.40. The minimum atomic E-state index is -0.534. The van der Waals surface area contributed by atoms with Crippen molar-refractivity contribution in [3.8, 4) is 28.8 Å². The third kappa shape index (κ3) is 4.72. The Bertz CT molecular complexity index is 1080. The highest BCUT2D eigenvalue weighted by molar-refractivity contribution is 5.67. The summed E-state index contributed by atoms with van der Waals surface area (Å²) in [6, 6.07) is 16.0. The SMILES string of the molecule is COc1ccc(-n2nc(NCC3CCC[C@@H](C)C3)cc2-c2ccc(C#N)c(F)c2)cc1. The van der Waals surface area contributed by atoms with Gasteiger partial charge in [0, 0.05) is 18.2 Å². The fourth-order valence-corrected chi connectivity index (χ4v) is 4.35. The van der Waals surface area contributed by atoms with E-state index in [1.54, 1.807) is 17.9 Å². The summed E-state index contributed by atoms with van der Waals surface area (Å²) in [6.45, 7) is 3.20. The Morgan fingerprint density at radius 2 is 2.00 bits per heavy atom. The Labute approximate surface area is 182 Å². The second-order valence-electron chi connectivity index (χ2n) is 8.35. The van der Waals surface area contributed by atoms with Gasteiger partial charge in [-0.05, 0) is 61.1 Å². The van der Waals surface area contributed by atoms with Crippen molar-refractivity contribution in [1.29, 1.82) is 5.26 Å². The number of benzene rings is 2. The smallest absolute Gasteiger partial charge is 0.149 e. The van der Waals surface area contributed by atoms with Crippen LogP contribution in [0.15, 0.2) is 48.5 Å². The lowest BCUT2D eigenvalue weighted by atomic mass is 9.82. The number of ether oxygens (including phenoxy) is 1. The Kier molecular flexibility index (Phi) is 6.22. The zero-order chi connectivity index (χ0) is 21.8. The third-order valence-electron chi connectivity index (χ3n) is 6.03. The van der Waals surface area contributed by atoms with Gasteiger partial charge in [0.15, 0.2) is 0 Å². The van der Waals surface area contributed by atoms with Gasteiger partial charge in [0.1, 0.15) is 23.5 Å². The number of methoxy groups -OCH3 is 1. The first-order valence-electron chi connectivity index (χ1n) is 10.8. The molecule has 1 aromatic heterocycles. The first-order chi connectivity index (χ1) is 15.1. The van der Waals surface area contributed by atoms with Gasteiger partial charge in [0.2, 0.25) is 0 Å². The summed E-state index contributed by atoms with van der Waals surface area (Å²) >= 11 is 0. The van der Waals surface area contributed by atoms with Crippen LogP contribution in [0.5, 0.6) is 5.75 Å². The van der Waals surface area contributed by atoms with Crippen LogP contribution in [0.25, 0.3) is 16.9 Å². The molecule has 0 radical (unpaired) electrons. The van der Waals surface area contributed by atoms with E-state index in [2.05, 4.69) is 12.2 Å². The molecule has 5 nitrogen and oxygen atoms in total. The van der Waals surface area contributed by atoms with Crippen LogP contribution in [0.1, 0.15) is 38.2 Å². The summed E-state index contributed by atoms with van der Waals surface area (Å²) in [5, 5.41) is 17.3. The summed E-state index contributed by atoms with van der Waals surface area (Å²) in [4.78, 5) is 0. The number of anilines is 1. The van der Waals surface area contributed by atoms with E-state index in [9.17, 15) is 4.39 Å². The van der Waals surface area contributed by atoms with E-state index in [1.807, 2.05) is 36.4 Å². The summed E-state index contributed by atoms with van der Waals surface area (Å²) in [5.41, 5.74) is 2.30. The molecule has 1 fully saturated rings. The maximum atomic E-state index is 14.3. The molecule has 160 valence electrons. The Morgan fingerprint density at radius 3 is 2.68 bits per heavy atom. The molecular weight excluding hydrogens is 391 g/mol. The van der Waals surface area contributed by atoms with Crippen molar-refractivity contribution in [3.05, 3.63) is 59.9 Å². The van der Waals surface area contributed by atoms with E-state index in [-0.39, 0.29) is 5.56 Å². The van der Waals surface area contributed by atoms with Gasteiger partial charge in [-0.1, -0.05) is 25.8 Å². The number of hydrogen-bond acceptors (Lipinski definition) is 4. The molecule has 1 aliphatic carbocycles. The number of hydrogen-bond donors (Lipinski definition) is 1. The molecule has 0 amide bonds. The van der Waals surface area contributed by atoms with Crippen LogP contribution in [0.3, 0.4) is 0 Å². The van der Waals surface area contributed by atoms with Crippen LogP contribution in [-0.4, -0.2) is 23.4 Å². The molecule has 1 aliphatic rings. The fraction of sp³-hybridized carbons (Fsp3) is 0.360. The highest BCUT2D eigenvalue weighted by Crippen LogP contribution is 2.31. The van der Waals surface area contributed by atoms with Crippen LogP contribution in [0, 0.1) is 29.0 Å². The molecule has 2 aromatic carbocycles. The maximum absolute atomic E-state index is 14.3. The maximum Gasteiger partial charge on any atom is 0.149 e. The van der Waals surface area contributed by atoms with Gasteiger partial charge in [-0.25, -0.2) is 9.07 Å². The molecule has 0 aliphatic heterocycles. The number of nitrogens with zero attached hydrogens (tertiary/aromatic N) is 3. The highest BCUT2D eigenvalue weighted by Gasteiger charge is 2.20. The van der Waals surface area contributed by atoms with E-state index in [1.165, 1.54) is 37.8 Å². The second-order valence-corrected chi connectivity index (χ2v) is 8.35. The van der Waals surface area contributed by atoms with Crippen molar-refractivity contribution in [3.63, 3.8) is 0 Å². The van der Waals surface area contributed by atoms with Gasteiger partial charge < -0.3 is 10.1 Å². The molecule has 0 bridgehead atoms. The van der Waals surface area contributed by atoms with Crippen LogP contribution < -0.4 is 10.1 Å². The predicted octanol–water partition coefficient (Wildman–Crippen LogP) is 5.80. The average molecular weight is 419 g/mol. The van der Waals surface area contributed by atoms with Crippen molar-refractivity contribution in [1.82, 2.24) is 9.78 Å². The molecule has 1 saturated carbocycles. The van der Waals surface area contributed by atoms with Gasteiger partial charge in [-0.15, -0.1) is 5.10 Å². The van der Waals surface area contributed by atoms with Crippen LogP contribution in [0.2, 0.25) is 0 Å². The van der Waals surface area contributed by atoms with Crippen LogP contribution in [0.4, 0.5) is 10.2 Å². The molecule has 1 N–H and O–H groups in total. The normalized spacial score (nSPS) is 18.4. The molecule has 0 spiro atoms. The monoisotopic (exact) mass is 418 g/mol. The number of halogens is 1. The van der Waals surface area contributed by atoms with Gasteiger partial charge >= 0.3 is 0 Å². The third-order valence-corrected chi connectivity index (χ3v) is 6.03. The minimum Gasteiger partial charge on any atom is -0.497 e. The lowest BCUT2D eigenvalue weighted by molar-refractivity contribution is 0.293. The number of aromatic nitrogens is 2. The van der Waals surface area contributed by atoms with E-state index >= 15 is 0 Å². The first-order valence-corrected chi connectivity index (χ1v) is 10.8. The minimum absolute atomic E-state index is 0.0315. The molecule has 1 unspecified atom stereocenters. The zero-order valence-corrected chi connectivity index (χ0v) is 17.9. The molecule has 31 heavy (non-hydrogen) atoms. The van der Waals surface area contributed by atoms with Crippen molar-refractivity contribution in [2.75, 3.05) is 19.0 Å². The average Bonchev–Trinajstić information content (AvgIpc) is 3.22. The largest absolute Gasteiger partial charge is 0.497 e. The Morgan fingerprint density at radius 1 is 1.19 bits per heavy atom. The summed E-state index contributed by atoms with van der Waals surface area (Å²) < 4.78 is 21.4. The molecule has 2 atom stereocenters. The fourth-order valence-electron chi connectivity index (χ4n) is 4.35. The second kappa shape index (κ2) is 9.22. The van der Waals surface area contributed by atoms with Crippen molar-refractivity contribution >= 4 is 5.82 Å². The first kappa shape index (κ1) is 20.9. The van der Waals surface area contributed by atoms with Gasteiger partial charge in [-0.2, -0.15) is 5.26 Å². The molecule has 4 rings (SSSR count). The van der Waals surface area contributed by atoms with Crippen LogP contribution in [-0.2, 0) is 0 Å². The molecule has 0 saturated heterocycles. The molecule has 3 aromatic rings. The lowest BCUT2D eigenvalue weighted by Crippen LogP contribution is -2.21. The van der Waals surface area contributed by atoms with E-state index in [4.69, 9.17) is 15.1 Å². The molecule has 6 heteroatoms. The van der Waals surface area contributed by atoms with Crippen molar-refractivity contribution < 1.29 is 9.13 Å². The van der Waals surface area contributed by atoms with Crippen molar-refractivity contribution in [2.24, 2.45) is 11.8 Å². The quantitative estimate of drug-likeness (QED) is 0.550. The van der Waals surface area contributed by atoms with E-state index < -0.39 is 5.82 Å². The van der Waals surface area contributed by atoms with Gasteiger partial charge in [-0.3, -0.25) is 0 Å². The molecular formula is C25H27FN4O.